The maximum absolute atomic E-state index is 5.64. The largest absolute Gasteiger partial charge is 0.389 e. The van der Waals surface area contributed by atoms with E-state index >= 15 is 0 Å². The molecule has 0 saturated heterocycles. The minimum absolute atomic E-state index is 0.338. The van der Waals surface area contributed by atoms with Crippen molar-refractivity contribution in [3.05, 3.63) is 36.3 Å². The summed E-state index contributed by atoms with van der Waals surface area (Å²) in [4.78, 5) is 4.38. The molecule has 0 saturated carbocycles. The lowest BCUT2D eigenvalue weighted by molar-refractivity contribution is 0.662. The van der Waals surface area contributed by atoms with E-state index in [9.17, 15) is 0 Å². The summed E-state index contributed by atoms with van der Waals surface area (Å²) in [6.07, 6.45) is 5.24. The van der Waals surface area contributed by atoms with Gasteiger partial charge in [-0.1, -0.05) is 12.2 Å². The van der Waals surface area contributed by atoms with Crippen molar-refractivity contribution in [2.75, 3.05) is 5.32 Å². The number of hydrogen-bond acceptors (Lipinski definition) is 4. The van der Waals surface area contributed by atoms with Crippen LogP contribution in [0.2, 0.25) is 0 Å². The Bertz CT molecular complexity index is 534. The van der Waals surface area contributed by atoms with E-state index in [2.05, 4.69) is 15.4 Å². The van der Waals surface area contributed by atoms with Gasteiger partial charge in [-0.25, -0.2) is 0 Å². The van der Waals surface area contributed by atoms with Crippen LogP contribution in [0.4, 0.5) is 11.5 Å². The molecule has 17 heavy (non-hydrogen) atoms. The number of aryl methyl sites for hydroxylation is 1. The molecular weight excluding hydrogens is 234 g/mol. The van der Waals surface area contributed by atoms with Crippen molar-refractivity contribution >= 4 is 28.7 Å². The van der Waals surface area contributed by atoms with Crippen LogP contribution in [0, 0.1) is 0 Å². The van der Waals surface area contributed by atoms with Crippen molar-refractivity contribution in [3.63, 3.8) is 0 Å². The zero-order chi connectivity index (χ0) is 12.3. The van der Waals surface area contributed by atoms with Crippen LogP contribution < -0.4 is 11.1 Å². The Kier molecular flexibility index (Phi) is 3.34. The predicted molar refractivity (Wildman–Crippen MR) is 71.3 cm³/mol. The summed E-state index contributed by atoms with van der Waals surface area (Å²) in [5.41, 5.74) is 7.17. The van der Waals surface area contributed by atoms with Gasteiger partial charge in [-0.2, -0.15) is 5.10 Å². The highest BCUT2D eigenvalue weighted by atomic mass is 32.1. The molecule has 88 valence electrons. The van der Waals surface area contributed by atoms with Crippen LogP contribution >= 0.6 is 12.2 Å². The molecule has 0 unspecified atom stereocenters. The average Bonchev–Trinajstić information content (AvgIpc) is 2.77. The fourth-order valence-electron chi connectivity index (χ4n) is 1.45. The lowest BCUT2D eigenvalue weighted by atomic mass is 10.2. The first-order valence-corrected chi connectivity index (χ1v) is 5.66. The Hall–Kier alpha value is -1.95. The van der Waals surface area contributed by atoms with Gasteiger partial charge in [0.1, 0.15) is 4.99 Å². The molecule has 0 aliphatic rings. The van der Waals surface area contributed by atoms with Gasteiger partial charge >= 0.3 is 0 Å². The fourth-order valence-corrected chi connectivity index (χ4v) is 1.63. The highest BCUT2D eigenvalue weighted by Gasteiger charge is 2.06. The Labute approximate surface area is 105 Å². The molecule has 6 heteroatoms. The van der Waals surface area contributed by atoms with E-state index in [4.69, 9.17) is 18.0 Å². The summed E-state index contributed by atoms with van der Waals surface area (Å²) < 4.78 is 1.83. The molecule has 2 aromatic rings. The molecular formula is C11H13N5S. The number of nitrogens with zero attached hydrogens (tertiary/aromatic N) is 3. The quantitative estimate of drug-likeness (QED) is 0.804. The molecule has 2 aromatic heterocycles. The second-order valence-corrected chi connectivity index (χ2v) is 3.91. The number of thiocarbonyl (C=S) groups is 1. The van der Waals surface area contributed by atoms with Crippen molar-refractivity contribution in [3.8, 4) is 0 Å². The molecule has 0 aliphatic heterocycles. The summed E-state index contributed by atoms with van der Waals surface area (Å²) in [5, 5.41) is 7.46. The third-order valence-electron chi connectivity index (χ3n) is 2.31. The van der Waals surface area contributed by atoms with E-state index in [0.29, 0.717) is 4.99 Å². The number of pyridine rings is 1. The van der Waals surface area contributed by atoms with Crippen molar-refractivity contribution in [1.82, 2.24) is 14.8 Å². The lowest BCUT2D eigenvalue weighted by Gasteiger charge is -2.07. The Morgan fingerprint density at radius 1 is 1.53 bits per heavy atom. The highest BCUT2D eigenvalue weighted by Crippen LogP contribution is 2.18. The van der Waals surface area contributed by atoms with E-state index in [1.165, 1.54) is 0 Å². The summed E-state index contributed by atoms with van der Waals surface area (Å²) in [6.45, 7) is 2.86. The van der Waals surface area contributed by atoms with E-state index in [1.54, 1.807) is 18.5 Å². The maximum atomic E-state index is 5.64. The molecule has 3 N–H and O–H groups in total. The average molecular weight is 247 g/mol. The Morgan fingerprint density at radius 2 is 2.35 bits per heavy atom. The van der Waals surface area contributed by atoms with Gasteiger partial charge in [0.2, 0.25) is 0 Å². The third kappa shape index (κ3) is 2.59. The van der Waals surface area contributed by atoms with Crippen molar-refractivity contribution in [2.24, 2.45) is 5.73 Å². The molecule has 0 fully saturated rings. The normalized spacial score (nSPS) is 10.2. The summed E-state index contributed by atoms with van der Waals surface area (Å²) in [7, 11) is 0. The van der Waals surface area contributed by atoms with Crippen LogP contribution in [0.3, 0.4) is 0 Å². The smallest absolute Gasteiger partial charge is 0.152 e. The number of aromatic nitrogens is 3. The van der Waals surface area contributed by atoms with E-state index in [1.807, 2.05) is 23.9 Å². The molecule has 0 atom stereocenters. The topological polar surface area (TPSA) is 68.8 Å². The van der Waals surface area contributed by atoms with Crippen LogP contribution in [0.25, 0.3) is 0 Å². The molecule has 0 spiro atoms. The van der Waals surface area contributed by atoms with E-state index in [-0.39, 0.29) is 0 Å². The molecule has 2 heterocycles. The summed E-state index contributed by atoms with van der Waals surface area (Å²) in [6, 6.07) is 3.67. The summed E-state index contributed by atoms with van der Waals surface area (Å²) >= 11 is 4.98. The number of hydrogen-bond donors (Lipinski definition) is 2. The van der Waals surface area contributed by atoms with E-state index in [0.717, 1.165) is 23.6 Å². The van der Waals surface area contributed by atoms with Crippen LogP contribution in [0.5, 0.6) is 0 Å². The van der Waals surface area contributed by atoms with E-state index < -0.39 is 0 Å². The van der Waals surface area contributed by atoms with Gasteiger partial charge < -0.3 is 11.1 Å². The Balaban J connectivity index is 2.26. The molecule has 5 nitrogen and oxygen atoms in total. The van der Waals surface area contributed by atoms with Crippen LogP contribution in [0.15, 0.2) is 30.7 Å². The molecule has 0 amide bonds. The maximum Gasteiger partial charge on any atom is 0.152 e. The highest BCUT2D eigenvalue weighted by molar-refractivity contribution is 7.80. The van der Waals surface area contributed by atoms with Crippen molar-refractivity contribution in [1.29, 1.82) is 0 Å². The first kappa shape index (κ1) is 11.5. The van der Waals surface area contributed by atoms with Crippen molar-refractivity contribution in [2.45, 2.75) is 13.5 Å². The second kappa shape index (κ2) is 4.92. The van der Waals surface area contributed by atoms with Gasteiger partial charge in [-0.3, -0.25) is 9.67 Å². The van der Waals surface area contributed by atoms with Gasteiger partial charge in [-0.15, -0.1) is 0 Å². The van der Waals surface area contributed by atoms with Crippen LogP contribution in [0.1, 0.15) is 12.5 Å². The third-order valence-corrected chi connectivity index (χ3v) is 2.53. The summed E-state index contributed by atoms with van der Waals surface area (Å²) in [5.74, 6) is 0.748. The molecule has 2 rings (SSSR count). The Morgan fingerprint density at radius 3 is 3.00 bits per heavy atom. The zero-order valence-electron chi connectivity index (χ0n) is 9.42. The van der Waals surface area contributed by atoms with Gasteiger partial charge in [-0.05, 0) is 13.0 Å². The van der Waals surface area contributed by atoms with Crippen molar-refractivity contribution < 1.29 is 0 Å². The molecule has 0 aromatic carbocycles. The SMILES string of the molecule is CCn1ccc(Nc2cnccc2C(N)=S)n1. The first-order chi connectivity index (χ1) is 8.20. The number of nitrogens with two attached hydrogens (primary N) is 1. The standard InChI is InChI=1S/C11H13N5S/c1-2-16-6-4-10(15-16)14-9-7-13-5-3-8(9)11(12)17/h3-7H,2H2,1H3,(H2,12,17)(H,14,15). The van der Waals surface area contributed by atoms with Crippen LogP contribution in [-0.2, 0) is 6.54 Å². The molecule has 0 bridgehead atoms. The lowest BCUT2D eigenvalue weighted by Crippen LogP contribution is -2.12. The molecule has 0 aliphatic carbocycles. The first-order valence-electron chi connectivity index (χ1n) is 5.25. The van der Waals surface area contributed by atoms with Gasteiger partial charge in [0.25, 0.3) is 0 Å². The minimum Gasteiger partial charge on any atom is -0.389 e. The molecule has 0 radical (unpaired) electrons. The number of rotatable bonds is 4. The zero-order valence-corrected chi connectivity index (χ0v) is 10.2. The minimum atomic E-state index is 0.338. The van der Waals surface area contributed by atoms with Crippen LogP contribution in [-0.4, -0.2) is 19.8 Å². The van der Waals surface area contributed by atoms with Gasteiger partial charge in [0, 0.05) is 30.6 Å². The van der Waals surface area contributed by atoms with Gasteiger partial charge in [0.05, 0.1) is 11.9 Å². The number of nitrogens with one attached hydrogen (secondary N) is 1. The second-order valence-electron chi connectivity index (χ2n) is 3.47. The fraction of sp³-hybridized carbons (Fsp3) is 0.182. The monoisotopic (exact) mass is 247 g/mol. The predicted octanol–water partition coefficient (Wildman–Crippen LogP) is 1.68. The number of anilines is 2. The van der Waals surface area contributed by atoms with Gasteiger partial charge in [0.15, 0.2) is 5.82 Å².